The molecule has 228 valence electrons. The Balaban J connectivity index is 0.000000463. The van der Waals surface area contributed by atoms with Crippen molar-refractivity contribution in [2.75, 3.05) is 26.3 Å². The second-order valence-electron chi connectivity index (χ2n) is 10.5. The maximum Gasteiger partial charge on any atom is 2.00 e. The van der Waals surface area contributed by atoms with Gasteiger partial charge >= 0.3 is 35.1 Å². The van der Waals surface area contributed by atoms with Gasteiger partial charge in [-0.15, -0.1) is 0 Å². The van der Waals surface area contributed by atoms with Gasteiger partial charge in [0.1, 0.15) is 0 Å². The number of aliphatic hydroxyl groups is 2. The van der Waals surface area contributed by atoms with E-state index < -0.39 is 28.7 Å². The molecule has 2 fully saturated rings. The number of amides is 4. The van der Waals surface area contributed by atoms with Gasteiger partial charge < -0.3 is 28.2 Å². The van der Waals surface area contributed by atoms with Crippen LogP contribution in [0.4, 0.5) is 9.59 Å². The summed E-state index contributed by atoms with van der Waals surface area (Å²) in [4.78, 5) is 27.9. The van der Waals surface area contributed by atoms with E-state index in [2.05, 4.69) is 5.32 Å². The van der Waals surface area contributed by atoms with Crippen molar-refractivity contribution >= 4 is 45.1 Å². The number of benzene rings is 3. The number of sulfonamides is 1. The van der Waals surface area contributed by atoms with E-state index in [1.54, 1.807) is 17.0 Å². The van der Waals surface area contributed by atoms with Gasteiger partial charge in [0.05, 0.1) is 42.3 Å². The van der Waals surface area contributed by atoms with Gasteiger partial charge in [-0.2, -0.15) is 0 Å². The fourth-order valence-corrected chi connectivity index (χ4v) is 6.67. The smallest absolute Gasteiger partial charge is 1.00 e. The first-order chi connectivity index (χ1) is 20.1. The van der Waals surface area contributed by atoms with Gasteiger partial charge in [0.25, 0.3) is 10.0 Å². The summed E-state index contributed by atoms with van der Waals surface area (Å²) in [7, 11) is -4.03. The molecule has 5 rings (SSSR count). The zero-order valence-electron chi connectivity index (χ0n) is 26.7. The van der Waals surface area contributed by atoms with Gasteiger partial charge in [-0.3, -0.25) is 0 Å². The van der Waals surface area contributed by atoms with Gasteiger partial charge in [0, 0.05) is 13.1 Å². The van der Waals surface area contributed by atoms with Crippen LogP contribution in [-0.2, 0) is 10.0 Å². The molecule has 0 aromatic heterocycles. The topological polar surface area (TPSA) is 130 Å². The van der Waals surface area contributed by atoms with Crippen molar-refractivity contribution in [3.05, 3.63) is 102 Å². The minimum atomic E-state index is -4.03. The van der Waals surface area contributed by atoms with Gasteiger partial charge in [-0.05, 0) is 44.0 Å². The average Bonchev–Trinajstić information content (AvgIpc) is 3.57. The number of hydrogen-bond donors (Lipinski definition) is 3. The van der Waals surface area contributed by atoms with Gasteiger partial charge in [0.15, 0.2) is 0 Å². The molecule has 2 saturated heterocycles. The van der Waals surface area contributed by atoms with E-state index in [0.29, 0.717) is 6.54 Å². The number of carbonyl (C=O) groups excluding carboxylic acids is 2. The van der Waals surface area contributed by atoms with E-state index in [0.717, 1.165) is 21.0 Å². The number of hydrogen-bond acceptors (Lipinski definition) is 6. The number of aryl methyl sites for hydroxylation is 1. The van der Waals surface area contributed by atoms with Gasteiger partial charge in [-0.1, -0.05) is 78.4 Å². The Kier molecular flexibility index (Phi) is 12.0. The zero-order chi connectivity index (χ0) is 30.4. The summed E-state index contributed by atoms with van der Waals surface area (Å²) < 4.78 is 26.8. The minimum absolute atomic E-state index is 0. The van der Waals surface area contributed by atoms with Crippen LogP contribution in [0.1, 0.15) is 45.5 Å². The van der Waals surface area contributed by atoms with Crippen LogP contribution in [0.3, 0.4) is 0 Å². The third-order valence-corrected chi connectivity index (χ3v) is 9.53. The Morgan fingerprint density at radius 1 is 0.814 bits per heavy atom. The van der Waals surface area contributed by atoms with Crippen LogP contribution < -0.4 is 5.32 Å². The fourth-order valence-electron chi connectivity index (χ4n) is 5.12. The number of nitrogens with one attached hydrogen (secondary N) is 1. The van der Waals surface area contributed by atoms with Crippen molar-refractivity contribution in [3.63, 3.8) is 0 Å². The number of aliphatic hydroxyl groups excluding tert-OH is 2. The number of urea groups is 2. The number of rotatable bonds is 8. The maximum absolute atomic E-state index is 13.0. The molecule has 0 saturated carbocycles. The normalized spacial score (nSPS) is 19.7. The second-order valence-corrected chi connectivity index (χ2v) is 12.4. The first kappa shape index (κ1) is 34.3. The Labute approximate surface area is 272 Å². The standard InChI is InChI=1S/C19H22N2O4S.C12H16N2O2.Mg.2H/c1-14-8-10-18(11-9-14)26(24,25)21-17(13-22)12-20(19(21)23)15(2)16-6-4-3-5-7-16;1-9(10-5-3-2-4-6-10)14-7-11(8-15)13-12(14)16;;;/h3-11,15,17,22H,12-13H2,1-2H3;2-6,9,11,15H,7-8H2,1H3,(H,13,16);;;/q;;+2;2*-1/t15-,17-;9-,11-;;;/m11.../s1. The van der Waals surface area contributed by atoms with Crippen molar-refractivity contribution in [1.82, 2.24) is 19.4 Å². The molecule has 4 atom stereocenters. The van der Waals surface area contributed by atoms with Crippen LogP contribution in [0.5, 0.6) is 0 Å². The zero-order valence-corrected chi connectivity index (χ0v) is 26.9. The predicted octanol–water partition coefficient (Wildman–Crippen LogP) is 3.52. The van der Waals surface area contributed by atoms with E-state index in [1.165, 1.54) is 17.0 Å². The van der Waals surface area contributed by atoms with E-state index in [-0.39, 0.29) is 68.1 Å². The third kappa shape index (κ3) is 7.68. The minimum Gasteiger partial charge on any atom is -1.00 e. The first-order valence-electron chi connectivity index (χ1n) is 13.9. The van der Waals surface area contributed by atoms with Crippen LogP contribution >= 0.6 is 0 Å². The molecule has 43 heavy (non-hydrogen) atoms. The summed E-state index contributed by atoms with van der Waals surface area (Å²) in [6.45, 7) is 5.98. The molecule has 0 radical (unpaired) electrons. The fraction of sp³-hybridized carbons (Fsp3) is 0.355. The molecule has 3 aromatic rings. The quantitative estimate of drug-likeness (QED) is 0.331. The molecular weight excluding hydrogens is 581 g/mol. The van der Waals surface area contributed by atoms with Crippen molar-refractivity contribution in [2.45, 2.75) is 49.8 Å². The largest absolute Gasteiger partial charge is 2.00 e. The summed E-state index contributed by atoms with van der Waals surface area (Å²) in [6, 6.07) is 23.7. The molecular formula is C31H40MgN4O6S. The molecule has 2 heterocycles. The molecule has 3 N–H and O–H groups in total. The summed E-state index contributed by atoms with van der Waals surface area (Å²) in [6.07, 6.45) is 0. The molecule has 2 aliphatic heterocycles. The average molecular weight is 621 g/mol. The Morgan fingerprint density at radius 2 is 1.33 bits per heavy atom. The Morgan fingerprint density at radius 3 is 1.79 bits per heavy atom. The Bertz CT molecular complexity index is 1470. The van der Waals surface area contributed by atoms with Crippen molar-refractivity contribution in [1.29, 1.82) is 0 Å². The van der Waals surface area contributed by atoms with Crippen LogP contribution in [0.2, 0.25) is 0 Å². The predicted molar refractivity (Wildman–Crippen MR) is 167 cm³/mol. The molecule has 4 amide bonds. The summed E-state index contributed by atoms with van der Waals surface area (Å²) in [5.41, 5.74) is 2.94. The molecule has 0 spiro atoms. The summed E-state index contributed by atoms with van der Waals surface area (Å²) in [5.74, 6) is 0. The summed E-state index contributed by atoms with van der Waals surface area (Å²) in [5, 5.41) is 21.4. The van der Waals surface area contributed by atoms with E-state index in [9.17, 15) is 23.1 Å². The Hall–Kier alpha value is -3.16. The van der Waals surface area contributed by atoms with Crippen LogP contribution in [0.15, 0.2) is 89.8 Å². The molecule has 0 unspecified atom stereocenters. The molecule has 3 aromatic carbocycles. The van der Waals surface area contributed by atoms with E-state index in [4.69, 9.17) is 5.11 Å². The summed E-state index contributed by atoms with van der Waals surface area (Å²) >= 11 is 0. The molecule has 2 aliphatic rings. The molecule has 12 heteroatoms. The van der Waals surface area contributed by atoms with Crippen molar-refractivity contribution < 1.29 is 31.1 Å². The van der Waals surface area contributed by atoms with Gasteiger partial charge in [-0.25, -0.2) is 22.3 Å². The maximum atomic E-state index is 13.0. The monoisotopic (exact) mass is 620 g/mol. The number of carbonyl (C=O) groups is 2. The molecule has 0 aliphatic carbocycles. The van der Waals surface area contributed by atoms with Crippen molar-refractivity contribution in [3.8, 4) is 0 Å². The van der Waals surface area contributed by atoms with Crippen LogP contribution in [-0.4, -0.2) is 106 Å². The van der Waals surface area contributed by atoms with Crippen molar-refractivity contribution in [2.24, 2.45) is 0 Å². The SMILES string of the molecule is C[C@H](c1ccccc1)N1C[C@H](CO)NC1=O.Cc1ccc(S(=O)(=O)N2C(=O)N([C@H](C)c3ccccc3)C[C@@H]2CO)cc1.[H-].[H-].[Mg+2]. The first-order valence-corrected chi connectivity index (χ1v) is 15.3. The van der Waals surface area contributed by atoms with Crippen LogP contribution in [0.25, 0.3) is 0 Å². The van der Waals surface area contributed by atoms with E-state index in [1.807, 2.05) is 81.4 Å². The third-order valence-electron chi connectivity index (χ3n) is 7.69. The van der Waals surface area contributed by atoms with Gasteiger partial charge in [0.2, 0.25) is 0 Å². The number of nitrogens with zero attached hydrogens (tertiary/aromatic N) is 3. The second kappa shape index (κ2) is 15.0. The van der Waals surface area contributed by atoms with E-state index >= 15 is 0 Å². The van der Waals surface area contributed by atoms with Crippen LogP contribution in [0, 0.1) is 6.92 Å². The molecule has 10 nitrogen and oxygen atoms in total. The molecule has 0 bridgehead atoms.